The molecular formula is C19H26N2O3. The van der Waals surface area contributed by atoms with E-state index in [1.807, 2.05) is 25.1 Å². The van der Waals surface area contributed by atoms with Crippen LogP contribution in [0.5, 0.6) is 0 Å². The molecule has 2 heterocycles. The van der Waals surface area contributed by atoms with Crippen LogP contribution in [0.15, 0.2) is 18.2 Å². The molecule has 2 N–H and O–H groups in total. The number of nitrogens with one attached hydrogen (secondary N) is 2. The average Bonchev–Trinajstić information content (AvgIpc) is 3.19. The van der Waals surface area contributed by atoms with Crippen LogP contribution in [0.1, 0.15) is 40.9 Å². The maximum atomic E-state index is 12.4. The monoisotopic (exact) mass is 330 g/mol. The minimum Gasteiger partial charge on any atom is -0.379 e. The van der Waals surface area contributed by atoms with Gasteiger partial charge < -0.3 is 19.8 Å². The number of hydrogen-bond donors (Lipinski definition) is 2. The third-order valence-electron chi connectivity index (χ3n) is 4.67. The van der Waals surface area contributed by atoms with Gasteiger partial charge in [-0.2, -0.15) is 0 Å². The van der Waals surface area contributed by atoms with E-state index in [0.29, 0.717) is 25.3 Å². The third-order valence-corrected chi connectivity index (χ3v) is 4.67. The molecule has 1 aromatic carbocycles. The van der Waals surface area contributed by atoms with Crippen molar-refractivity contribution in [2.45, 2.75) is 39.2 Å². The van der Waals surface area contributed by atoms with E-state index in [4.69, 9.17) is 9.47 Å². The van der Waals surface area contributed by atoms with Crippen LogP contribution in [0.2, 0.25) is 0 Å². The summed E-state index contributed by atoms with van der Waals surface area (Å²) in [6.45, 7) is 6.87. The minimum absolute atomic E-state index is 0.0408. The van der Waals surface area contributed by atoms with Crippen molar-refractivity contribution in [3.05, 3.63) is 35.0 Å². The van der Waals surface area contributed by atoms with Crippen LogP contribution in [0, 0.1) is 13.8 Å². The van der Waals surface area contributed by atoms with Gasteiger partial charge in [-0.1, -0.05) is 12.1 Å². The molecule has 0 aliphatic carbocycles. The standard InChI is InChI=1S/C19H26N2O3/c1-13-14(2)21-18-16(13)7-3-8-17(18)19(22)20-9-5-10-23-12-15-6-4-11-24-15/h3,7-8,15,21H,4-6,9-12H2,1-2H3,(H,20,22). The molecule has 2 aromatic rings. The van der Waals surface area contributed by atoms with Crippen molar-refractivity contribution in [3.63, 3.8) is 0 Å². The molecule has 1 fully saturated rings. The van der Waals surface area contributed by atoms with Crippen LogP contribution in [0.3, 0.4) is 0 Å². The van der Waals surface area contributed by atoms with E-state index >= 15 is 0 Å². The predicted molar refractivity (Wildman–Crippen MR) is 94.5 cm³/mol. The number of benzene rings is 1. The van der Waals surface area contributed by atoms with Gasteiger partial charge in [-0.25, -0.2) is 0 Å². The molecular weight excluding hydrogens is 304 g/mol. The lowest BCUT2D eigenvalue weighted by atomic mass is 10.1. The summed E-state index contributed by atoms with van der Waals surface area (Å²) in [5, 5.41) is 4.09. The normalized spacial score (nSPS) is 17.5. The molecule has 1 aliphatic rings. The molecule has 0 bridgehead atoms. The fraction of sp³-hybridized carbons (Fsp3) is 0.526. The van der Waals surface area contributed by atoms with Gasteiger partial charge in [0.25, 0.3) is 5.91 Å². The molecule has 1 unspecified atom stereocenters. The summed E-state index contributed by atoms with van der Waals surface area (Å²) in [6, 6.07) is 5.84. The van der Waals surface area contributed by atoms with Crippen molar-refractivity contribution in [2.75, 3.05) is 26.4 Å². The summed E-state index contributed by atoms with van der Waals surface area (Å²) >= 11 is 0. The number of fused-ring (bicyclic) bond motifs is 1. The second kappa shape index (κ2) is 7.81. The van der Waals surface area contributed by atoms with Gasteiger partial charge in [0, 0.05) is 30.8 Å². The fourth-order valence-corrected chi connectivity index (χ4v) is 3.13. The smallest absolute Gasteiger partial charge is 0.253 e. The molecule has 1 amide bonds. The second-order valence-corrected chi connectivity index (χ2v) is 6.42. The Morgan fingerprint density at radius 2 is 2.29 bits per heavy atom. The van der Waals surface area contributed by atoms with Crippen LogP contribution >= 0.6 is 0 Å². The van der Waals surface area contributed by atoms with E-state index in [9.17, 15) is 4.79 Å². The van der Waals surface area contributed by atoms with Crippen molar-refractivity contribution in [2.24, 2.45) is 0 Å². The SMILES string of the molecule is Cc1[nH]c2c(C(=O)NCCCOCC3CCCO3)cccc2c1C. The van der Waals surface area contributed by atoms with Gasteiger partial charge in [-0.15, -0.1) is 0 Å². The third kappa shape index (κ3) is 3.79. The van der Waals surface area contributed by atoms with Crippen LogP contribution < -0.4 is 5.32 Å². The Bertz CT molecular complexity index is 702. The lowest BCUT2D eigenvalue weighted by molar-refractivity contribution is 0.0166. The Morgan fingerprint density at radius 1 is 1.42 bits per heavy atom. The zero-order chi connectivity index (χ0) is 16.9. The Labute approximate surface area is 142 Å². The zero-order valence-corrected chi connectivity index (χ0v) is 14.5. The summed E-state index contributed by atoms with van der Waals surface area (Å²) in [6.07, 6.45) is 3.29. The molecule has 3 rings (SSSR count). The van der Waals surface area contributed by atoms with Crippen LogP contribution in [0.4, 0.5) is 0 Å². The molecule has 0 radical (unpaired) electrons. The maximum Gasteiger partial charge on any atom is 0.253 e. The number of H-pyrrole nitrogens is 1. The van der Waals surface area contributed by atoms with Crippen molar-refractivity contribution in [1.29, 1.82) is 0 Å². The maximum absolute atomic E-state index is 12.4. The van der Waals surface area contributed by atoms with Crippen LogP contribution in [0.25, 0.3) is 10.9 Å². The molecule has 1 atom stereocenters. The number of para-hydroxylation sites is 1. The van der Waals surface area contributed by atoms with Crippen molar-refractivity contribution in [1.82, 2.24) is 10.3 Å². The number of aromatic nitrogens is 1. The highest BCUT2D eigenvalue weighted by Crippen LogP contribution is 2.24. The molecule has 5 nitrogen and oxygen atoms in total. The molecule has 0 spiro atoms. The van der Waals surface area contributed by atoms with Crippen LogP contribution in [-0.4, -0.2) is 43.4 Å². The first-order valence-corrected chi connectivity index (χ1v) is 8.72. The summed E-state index contributed by atoms with van der Waals surface area (Å²) in [7, 11) is 0. The van der Waals surface area contributed by atoms with Gasteiger partial charge in [0.1, 0.15) is 0 Å². The van der Waals surface area contributed by atoms with Gasteiger partial charge >= 0.3 is 0 Å². The van der Waals surface area contributed by atoms with Gasteiger partial charge in [0.2, 0.25) is 0 Å². The highest BCUT2D eigenvalue weighted by atomic mass is 16.5. The van der Waals surface area contributed by atoms with Gasteiger partial charge in [-0.05, 0) is 44.7 Å². The fourth-order valence-electron chi connectivity index (χ4n) is 3.13. The molecule has 1 saturated heterocycles. The summed E-state index contributed by atoms with van der Waals surface area (Å²) in [5.41, 5.74) is 3.92. The Morgan fingerprint density at radius 3 is 3.08 bits per heavy atom. The van der Waals surface area contributed by atoms with Gasteiger partial charge in [0.15, 0.2) is 0 Å². The first kappa shape index (κ1) is 17.0. The number of carbonyl (C=O) groups excluding carboxylic acids is 1. The summed E-state index contributed by atoms with van der Waals surface area (Å²) in [5.74, 6) is -0.0408. The molecule has 1 aromatic heterocycles. The predicted octanol–water partition coefficient (Wildman–Crippen LogP) is 3.10. The highest BCUT2D eigenvalue weighted by Gasteiger charge is 2.15. The van der Waals surface area contributed by atoms with E-state index in [0.717, 1.165) is 42.5 Å². The number of hydrogen-bond acceptors (Lipinski definition) is 3. The topological polar surface area (TPSA) is 63.4 Å². The second-order valence-electron chi connectivity index (χ2n) is 6.42. The Balaban J connectivity index is 1.46. The molecule has 1 aliphatic heterocycles. The van der Waals surface area contributed by atoms with E-state index in [2.05, 4.69) is 17.2 Å². The number of aromatic amines is 1. The summed E-state index contributed by atoms with van der Waals surface area (Å²) < 4.78 is 11.1. The van der Waals surface area contributed by atoms with Gasteiger partial charge in [0.05, 0.1) is 23.8 Å². The molecule has 24 heavy (non-hydrogen) atoms. The molecule has 0 saturated carbocycles. The summed E-state index contributed by atoms with van der Waals surface area (Å²) in [4.78, 5) is 15.7. The lowest BCUT2D eigenvalue weighted by Gasteiger charge is -2.10. The first-order chi connectivity index (χ1) is 11.7. The van der Waals surface area contributed by atoms with Crippen LogP contribution in [-0.2, 0) is 9.47 Å². The van der Waals surface area contributed by atoms with E-state index in [1.165, 1.54) is 5.56 Å². The average molecular weight is 330 g/mol. The Hall–Kier alpha value is -1.85. The van der Waals surface area contributed by atoms with Gasteiger partial charge in [-0.3, -0.25) is 4.79 Å². The van der Waals surface area contributed by atoms with E-state index < -0.39 is 0 Å². The van der Waals surface area contributed by atoms with Crippen molar-refractivity contribution < 1.29 is 14.3 Å². The highest BCUT2D eigenvalue weighted by molar-refractivity contribution is 6.06. The zero-order valence-electron chi connectivity index (χ0n) is 14.5. The molecule has 5 heteroatoms. The number of carbonyl (C=O) groups is 1. The van der Waals surface area contributed by atoms with E-state index in [1.54, 1.807) is 0 Å². The molecule has 130 valence electrons. The van der Waals surface area contributed by atoms with Crippen molar-refractivity contribution >= 4 is 16.8 Å². The lowest BCUT2D eigenvalue weighted by Crippen LogP contribution is -2.26. The van der Waals surface area contributed by atoms with E-state index in [-0.39, 0.29) is 12.0 Å². The number of rotatable bonds is 7. The first-order valence-electron chi connectivity index (χ1n) is 8.72. The number of aryl methyl sites for hydroxylation is 2. The Kier molecular flexibility index (Phi) is 5.53. The van der Waals surface area contributed by atoms with Crippen molar-refractivity contribution in [3.8, 4) is 0 Å². The minimum atomic E-state index is -0.0408. The largest absolute Gasteiger partial charge is 0.379 e. The number of ether oxygens (including phenoxy) is 2. The number of amides is 1. The quantitative estimate of drug-likeness (QED) is 0.767.